The summed E-state index contributed by atoms with van der Waals surface area (Å²) >= 11 is 3.58. The van der Waals surface area contributed by atoms with Crippen molar-refractivity contribution in [3.63, 3.8) is 0 Å². The first-order chi connectivity index (χ1) is 10.0. The Balaban J connectivity index is 2.24. The third-order valence-electron chi connectivity index (χ3n) is 4.17. The van der Waals surface area contributed by atoms with Gasteiger partial charge in [0.1, 0.15) is 0 Å². The molecule has 1 unspecified atom stereocenters. The zero-order valence-corrected chi connectivity index (χ0v) is 14.6. The van der Waals surface area contributed by atoms with E-state index in [2.05, 4.69) is 51.3 Å². The number of benzene rings is 1. The minimum absolute atomic E-state index is 0.176. The fourth-order valence-corrected chi connectivity index (χ4v) is 3.13. The van der Waals surface area contributed by atoms with Gasteiger partial charge >= 0.3 is 0 Å². The fourth-order valence-electron chi connectivity index (χ4n) is 2.79. The molecule has 1 aliphatic heterocycles. The summed E-state index contributed by atoms with van der Waals surface area (Å²) in [5.74, 6) is 0.176. The number of carbonyl (C=O) groups is 1. The average molecular weight is 354 g/mol. The second-order valence-electron chi connectivity index (χ2n) is 5.56. The highest BCUT2D eigenvalue weighted by molar-refractivity contribution is 9.10. The van der Waals surface area contributed by atoms with Gasteiger partial charge in [0, 0.05) is 49.3 Å². The average Bonchev–Trinajstić information content (AvgIpc) is 2.72. The molecule has 0 spiro atoms. The molecule has 21 heavy (non-hydrogen) atoms. The molecule has 2 rings (SSSR count). The lowest BCUT2D eigenvalue weighted by atomic mass is 10.1. The molecule has 0 saturated carbocycles. The second-order valence-corrected chi connectivity index (χ2v) is 6.48. The predicted octanol–water partition coefficient (Wildman–Crippen LogP) is 2.79. The van der Waals surface area contributed by atoms with Crippen LogP contribution in [0.5, 0.6) is 0 Å². The number of anilines is 1. The summed E-state index contributed by atoms with van der Waals surface area (Å²) in [6, 6.07) is 6.76. The van der Waals surface area contributed by atoms with Crippen molar-refractivity contribution in [1.29, 1.82) is 0 Å². The Hall–Kier alpha value is -1.07. The zero-order chi connectivity index (χ0) is 15.4. The Morgan fingerprint density at radius 2 is 2.05 bits per heavy atom. The van der Waals surface area contributed by atoms with E-state index in [0.717, 1.165) is 37.1 Å². The number of hydrogen-bond acceptors (Lipinski definition) is 3. The maximum absolute atomic E-state index is 11.6. The molecule has 1 amide bonds. The number of amides is 1. The van der Waals surface area contributed by atoms with E-state index in [4.69, 9.17) is 0 Å². The van der Waals surface area contributed by atoms with Gasteiger partial charge in [0.15, 0.2) is 0 Å². The molecule has 116 valence electrons. The molecule has 1 aliphatic rings. The summed E-state index contributed by atoms with van der Waals surface area (Å²) in [5, 5.41) is 3.32. The first kappa shape index (κ1) is 16.3. The molecule has 0 aromatic heterocycles. The summed E-state index contributed by atoms with van der Waals surface area (Å²) < 4.78 is 1.09. The fraction of sp³-hybridized carbons (Fsp3) is 0.562. The minimum atomic E-state index is 0.176. The summed E-state index contributed by atoms with van der Waals surface area (Å²) in [7, 11) is 1.98. The third-order valence-corrected chi connectivity index (χ3v) is 4.67. The molecule has 1 atom stereocenters. The summed E-state index contributed by atoms with van der Waals surface area (Å²) in [6.07, 6.45) is 1.01. The van der Waals surface area contributed by atoms with Gasteiger partial charge in [0.2, 0.25) is 5.91 Å². The van der Waals surface area contributed by atoms with Crippen molar-refractivity contribution in [3.8, 4) is 0 Å². The van der Waals surface area contributed by atoms with Gasteiger partial charge in [0.25, 0.3) is 0 Å². The largest absolute Gasteiger partial charge is 0.369 e. The maximum atomic E-state index is 11.6. The summed E-state index contributed by atoms with van der Waals surface area (Å²) in [5.41, 5.74) is 2.56. The number of nitrogens with one attached hydrogen (secondary N) is 1. The van der Waals surface area contributed by atoms with Crippen LogP contribution in [-0.4, -0.2) is 44.0 Å². The molecule has 0 aliphatic carbocycles. The van der Waals surface area contributed by atoms with Crippen molar-refractivity contribution in [1.82, 2.24) is 10.2 Å². The van der Waals surface area contributed by atoms with Gasteiger partial charge in [-0.05, 0) is 38.1 Å². The summed E-state index contributed by atoms with van der Waals surface area (Å²) in [6.45, 7) is 7.37. The Bertz CT molecular complexity index is 506. The third kappa shape index (κ3) is 3.98. The Kier molecular flexibility index (Phi) is 5.65. The maximum Gasteiger partial charge on any atom is 0.219 e. The van der Waals surface area contributed by atoms with Gasteiger partial charge in [-0.3, -0.25) is 4.79 Å². The first-order valence-corrected chi connectivity index (χ1v) is 8.29. The van der Waals surface area contributed by atoms with E-state index in [1.54, 1.807) is 6.92 Å². The van der Waals surface area contributed by atoms with Crippen LogP contribution in [0.4, 0.5) is 5.69 Å². The second kappa shape index (κ2) is 7.27. The topological polar surface area (TPSA) is 35.6 Å². The molecular weight excluding hydrogens is 330 g/mol. The van der Waals surface area contributed by atoms with Crippen LogP contribution >= 0.6 is 15.9 Å². The molecule has 1 aromatic rings. The zero-order valence-electron chi connectivity index (χ0n) is 13.0. The Labute approximate surface area is 135 Å². The van der Waals surface area contributed by atoms with E-state index in [1.807, 2.05) is 11.9 Å². The number of rotatable bonds is 3. The molecular formula is C16H24BrN3O. The number of nitrogens with zero attached hydrogens (tertiary/aromatic N) is 2. The highest BCUT2D eigenvalue weighted by atomic mass is 79.9. The van der Waals surface area contributed by atoms with Crippen LogP contribution in [-0.2, 0) is 4.79 Å². The predicted molar refractivity (Wildman–Crippen MR) is 90.7 cm³/mol. The molecule has 5 heteroatoms. The van der Waals surface area contributed by atoms with Gasteiger partial charge in [-0.25, -0.2) is 0 Å². The van der Waals surface area contributed by atoms with Crippen molar-refractivity contribution < 1.29 is 4.79 Å². The lowest BCUT2D eigenvalue weighted by Crippen LogP contribution is -2.34. The van der Waals surface area contributed by atoms with E-state index in [1.165, 1.54) is 11.3 Å². The van der Waals surface area contributed by atoms with Crippen LogP contribution in [0.15, 0.2) is 22.7 Å². The first-order valence-electron chi connectivity index (χ1n) is 7.50. The normalized spacial score (nSPS) is 17.5. The minimum Gasteiger partial charge on any atom is -0.369 e. The number of hydrogen-bond donors (Lipinski definition) is 1. The monoisotopic (exact) mass is 353 g/mol. The van der Waals surface area contributed by atoms with Gasteiger partial charge in [-0.2, -0.15) is 0 Å². The Morgan fingerprint density at radius 3 is 2.71 bits per heavy atom. The lowest BCUT2D eigenvalue weighted by Gasteiger charge is -2.28. The van der Waals surface area contributed by atoms with Crippen molar-refractivity contribution in [2.75, 3.05) is 38.1 Å². The van der Waals surface area contributed by atoms with Crippen molar-refractivity contribution in [2.45, 2.75) is 26.3 Å². The van der Waals surface area contributed by atoms with Gasteiger partial charge in [0.05, 0.1) is 0 Å². The summed E-state index contributed by atoms with van der Waals surface area (Å²) in [4.78, 5) is 15.9. The highest BCUT2D eigenvalue weighted by Crippen LogP contribution is 2.30. The molecule has 1 aromatic carbocycles. The van der Waals surface area contributed by atoms with Gasteiger partial charge in [-0.15, -0.1) is 0 Å². The van der Waals surface area contributed by atoms with Crippen LogP contribution in [0.1, 0.15) is 31.9 Å². The number of halogens is 1. The van der Waals surface area contributed by atoms with E-state index in [-0.39, 0.29) is 5.91 Å². The van der Waals surface area contributed by atoms with E-state index < -0.39 is 0 Å². The molecule has 1 fully saturated rings. The van der Waals surface area contributed by atoms with Crippen molar-refractivity contribution in [2.24, 2.45) is 0 Å². The van der Waals surface area contributed by atoms with Crippen LogP contribution in [0.25, 0.3) is 0 Å². The standard InChI is InChI=1S/C16H24BrN3O/c1-12(18-3)15-6-5-14(17)11-16(15)20-8-4-7-19(9-10-20)13(2)21/h5-6,11-12,18H,4,7-10H2,1-3H3. The highest BCUT2D eigenvalue weighted by Gasteiger charge is 2.20. The SMILES string of the molecule is CNC(C)c1ccc(Br)cc1N1CCCN(C(C)=O)CC1. The smallest absolute Gasteiger partial charge is 0.219 e. The molecule has 1 N–H and O–H groups in total. The van der Waals surface area contributed by atoms with E-state index in [0.29, 0.717) is 6.04 Å². The van der Waals surface area contributed by atoms with Crippen LogP contribution in [0, 0.1) is 0 Å². The quantitative estimate of drug-likeness (QED) is 0.907. The Morgan fingerprint density at radius 1 is 1.29 bits per heavy atom. The van der Waals surface area contributed by atoms with Crippen LogP contribution in [0.2, 0.25) is 0 Å². The van der Waals surface area contributed by atoms with Crippen LogP contribution < -0.4 is 10.2 Å². The molecule has 0 radical (unpaired) electrons. The van der Waals surface area contributed by atoms with E-state index >= 15 is 0 Å². The molecule has 4 nitrogen and oxygen atoms in total. The molecule has 1 saturated heterocycles. The van der Waals surface area contributed by atoms with Crippen LogP contribution in [0.3, 0.4) is 0 Å². The van der Waals surface area contributed by atoms with E-state index in [9.17, 15) is 4.79 Å². The molecule has 0 bridgehead atoms. The number of carbonyl (C=O) groups excluding carboxylic acids is 1. The van der Waals surface area contributed by atoms with Gasteiger partial charge < -0.3 is 15.1 Å². The lowest BCUT2D eigenvalue weighted by molar-refractivity contribution is -0.128. The van der Waals surface area contributed by atoms with Crippen molar-refractivity contribution >= 4 is 27.5 Å². The van der Waals surface area contributed by atoms with Gasteiger partial charge in [-0.1, -0.05) is 22.0 Å². The molecule has 1 heterocycles. The van der Waals surface area contributed by atoms with Crippen molar-refractivity contribution in [3.05, 3.63) is 28.2 Å².